The van der Waals surface area contributed by atoms with Gasteiger partial charge in [-0.05, 0) is 43.2 Å². The molecule has 2 amide bonds. The van der Waals surface area contributed by atoms with Crippen LogP contribution in [0.25, 0.3) is 16.9 Å². The van der Waals surface area contributed by atoms with Crippen LogP contribution in [0.4, 0.5) is 19.0 Å². The van der Waals surface area contributed by atoms with Crippen molar-refractivity contribution in [3.63, 3.8) is 0 Å². The zero-order valence-electron chi connectivity index (χ0n) is 22.4. The molecule has 0 radical (unpaired) electrons. The van der Waals surface area contributed by atoms with Crippen molar-refractivity contribution in [2.75, 3.05) is 30.3 Å². The van der Waals surface area contributed by atoms with Crippen molar-refractivity contribution < 1.29 is 27.5 Å². The highest BCUT2D eigenvalue weighted by molar-refractivity contribution is 8.00. The van der Waals surface area contributed by atoms with Gasteiger partial charge in [-0.3, -0.25) is 14.5 Å². The van der Waals surface area contributed by atoms with Gasteiger partial charge >= 0.3 is 0 Å². The average molecular weight is 593 g/mol. The Morgan fingerprint density at radius 3 is 2.50 bits per heavy atom. The highest BCUT2D eigenvalue weighted by atomic mass is 32.2. The van der Waals surface area contributed by atoms with Gasteiger partial charge in [0.05, 0.1) is 28.5 Å². The summed E-state index contributed by atoms with van der Waals surface area (Å²) in [6.07, 6.45) is 1.68. The Balaban J connectivity index is 1.53. The molecule has 1 N–H and O–H groups in total. The van der Waals surface area contributed by atoms with Gasteiger partial charge in [0.25, 0.3) is 0 Å². The largest absolute Gasteiger partial charge is 0.376 e. The van der Waals surface area contributed by atoms with E-state index < -0.39 is 28.6 Å². The second kappa shape index (κ2) is 12.0. The third-order valence-electron chi connectivity index (χ3n) is 7.31. The minimum Gasteiger partial charge on any atom is -0.376 e. The Labute approximate surface area is 244 Å². The Morgan fingerprint density at radius 2 is 1.79 bits per heavy atom. The third kappa shape index (κ3) is 5.66. The minimum absolute atomic E-state index is 0.0766. The summed E-state index contributed by atoms with van der Waals surface area (Å²) in [5, 5.41) is 6.96. The number of amides is 2. The van der Waals surface area contributed by atoms with Crippen LogP contribution in [0.15, 0.2) is 72.8 Å². The van der Waals surface area contributed by atoms with Crippen LogP contribution in [0, 0.1) is 17.5 Å². The van der Waals surface area contributed by atoms with E-state index in [1.54, 1.807) is 0 Å². The zero-order valence-corrected chi connectivity index (χ0v) is 23.3. The molecule has 1 fully saturated rings. The van der Waals surface area contributed by atoms with E-state index in [1.165, 1.54) is 57.7 Å². The Morgan fingerprint density at radius 1 is 1.02 bits per heavy atom. The molecule has 42 heavy (non-hydrogen) atoms. The molecule has 0 bridgehead atoms. The first-order chi connectivity index (χ1) is 20.4. The maximum absolute atomic E-state index is 15.3. The first-order valence-corrected chi connectivity index (χ1v) is 14.6. The van der Waals surface area contributed by atoms with Crippen molar-refractivity contribution in [3.05, 3.63) is 101 Å². The normalized spacial score (nSPS) is 18.5. The molecule has 0 aliphatic carbocycles. The second-order valence-electron chi connectivity index (χ2n) is 10.1. The van der Waals surface area contributed by atoms with E-state index in [2.05, 4.69) is 5.32 Å². The van der Waals surface area contributed by atoms with Crippen molar-refractivity contribution >= 4 is 29.4 Å². The zero-order chi connectivity index (χ0) is 29.2. The van der Waals surface area contributed by atoms with Crippen LogP contribution in [-0.2, 0) is 14.3 Å². The van der Waals surface area contributed by atoms with E-state index in [4.69, 9.17) is 9.84 Å². The fraction of sp³-hybridized carbons (Fsp3) is 0.258. The molecule has 0 spiro atoms. The lowest BCUT2D eigenvalue weighted by molar-refractivity contribution is -0.123. The standard InChI is InChI=1S/C31H27F3N4O3S/c32-20-8-11-22(12-9-20)38-31-28(29(36-38)19-5-2-1-3-6-19)30(24-13-10-21(33)15-25(24)34)42-18-27(40)37(31)17-26(39)35-16-23-7-4-14-41-23/h1-3,5-6,8-13,15,23,30H,4,7,14,16-18H2,(H,35,39)/t23-,30-/m1/s1. The molecule has 216 valence electrons. The van der Waals surface area contributed by atoms with E-state index in [0.717, 1.165) is 18.9 Å². The Hall–Kier alpha value is -4.09. The fourth-order valence-corrected chi connectivity index (χ4v) is 6.50. The maximum atomic E-state index is 15.3. The highest BCUT2D eigenvalue weighted by Crippen LogP contribution is 2.49. The SMILES string of the molecule is O=C(CN1C(=O)CS[C@H](c2ccc(F)cc2F)c2c(-c3ccccc3)nn(-c3ccc(F)cc3)c21)NC[C@H]1CCCO1. The van der Waals surface area contributed by atoms with Crippen molar-refractivity contribution in [1.82, 2.24) is 15.1 Å². The molecule has 2 atom stereocenters. The number of ether oxygens (including phenoxy) is 1. The predicted octanol–water partition coefficient (Wildman–Crippen LogP) is 5.42. The summed E-state index contributed by atoms with van der Waals surface area (Å²) in [7, 11) is 0. The van der Waals surface area contributed by atoms with Crippen molar-refractivity contribution in [3.8, 4) is 16.9 Å². The average Bonchev–Trinajstić information content (AvgIpc) is 3.62. The summed E-state index contributed by atoms with van der Waals surface area (Å²) in [5.41, 5.74) is 2.25. The highest BCUT2D eigenvalue weighted by Gasteiger charge is 2.38. The van der Waals surface area contributed by atoms with Gasteiger partial charge in [0.1, 0.15) is 29.8 Å². The van der Waals surface area contributed by atoms with Crippen molar-refractivity contribution in [1.29, 1.82) is 0 Å². The quantitative estimate of drug-likeness (QED) is 0.310. The molecule has 3 heterocycles. The number of rotatable bonds is 7. The number of hydrogen-bond acceptors (Lipinski definition) is 5. The number of carbonyl (C=O) groups excluding carboxylic acids is 2. The molecule has 7 nitrogen and oxygen atoms in total. The summed E-state index contributed by atoms with van der Waals surface area (Å²) in [5.74, 6) is -2.54. The number of anilines is 1. The van der Waals surface area contributed by atoms with Gasteiger partial charge < -0.3 is 10.1 Å². The number of halogens is 3. The van der Waals surface area contributed by atoms with Gasteiger partial charge in [-0.25, -0.2) is 17.9 Å². The lowest BCUT2D eigenvalue weighted by Gasteiger charge is -2.23. The summed E-state index contributed by atoms with van der Waals surface area (Å²) < 4.78 is 50.3. The number of nitrogens with zero attached hydrogens (tertiary/aromatic N) is 3. The van der Waals surface area contributed by atoms with E-state index >= 15 is 4.39 Å². The number of fused-ring (bicyclic) bond motifs is 1. The first-order valence-electron chi connectivity index (χ1n) is 13.6. The lowest BCUT2D eigenvalue weighted by atomic mass is 9.99. The predicted molar refractivity (Wildman–Crippen MR) is 154 cm³/mol. The van der Waals surface area contributed by atoms with Crippen LogP contribution in [0.2, 0.25) is 0 Å². The summed E-state index contributed by atoms with van der Waals surface area (Å²) >= 11 is 1.17. The van der Waals surface area contributed by atoms with Crippen molar-refractivity contribution in [2.45, 2.75) is 24.2 Å². The van der Waals surface area contributed by atoms with Crippen LogP contribution < -0.4 is 10.2 Å². The van der Waals surface area contributed by atoms with E-state index in [1.807, 2.05) is 30.3 Å². The number of thioether (sulfide) groups is 1. The number of benzene rings is 3. The molecule has 0 saturated carbocycles. The lowest BCUT2D eigenvalue weighted by Crippen LogP contribution is -2.44. The van der Waals surface area contributed by atoms with Crippen molar-refractivity contribution in [2.24, 2.45) is 0 Å². The van der Waals surface area contributed by atoms with E-state index in [-0.39, 0.29) is 35.7 Å². The maximum Gasteiger partial charge on any atom is 0.240 e. The first kappa shape index (κ1) is 28.0. The molecule has 1 aromatic heterocycles. The van der Waals surface area contributed by atoms with E-state index in [0.29, 0.717) is 35.7 Å². The molecule has 2 aliphatic rings. The Bertz CT molecular complexity index is 1610. The fourth-order valence-electron chi connectivity index (χ4n) is 5.28. The Kier molecular flexibility index (Phi) is 8.03. The van der Waals surface area contributed by atoms with Gasteiger partial charge in [-0.15, -0.1) is 11.8 Å². The van der Waals surface area contributed by atoms with Crippen LogP contribution in [0.3, 0.4) is 0 Å². The molecular formula is C31H27F3N4O3S. The molecule has 6 rings (SSSR count). The molecule has 3 aromatic carbocycles. The van der Waals surface area contributed by atoms with Gasteiger partial charge in [-0.2, -0.15) is 5.10 Å². The smallest absolute Gasteiger partial charge is 0.240 e. The van der Waals surface area contributed by atoms with E-state index in [9.17, 15) is 18.4 Å². The summed E-state index contributed by atoms with van der Waals surface area (Å²) in [6, 6.07) is 18.1. The third-order valence-corrected chi connectivity index (χ3v) is 8.54. The molecule has 11 heteroatoms. The summed E-state index contributed by atoms with van der Waals surface area (Å²) in [6.45, 7) is 0.642. The van der Waals surface area contributed by atoms with Crippen LogP contribution in [0.5, 0.6) is 0 Å². The van der Waals surface area contributed by atoms with Crippen LogP contribution >= 0.6 is 11.8 Å². The van der Waals surface area contributed by atoms with Crippen LogP contribution in [-0.4, -0.2) is 53.1 Å². The number of aromatic nitrogens is 2. The minimum atomic E-state index is -0.770. The topological polar surface area (TPSA) is 76.5 Å². The summed E-state index contributed by atoms with van der Waals surface area (Å²) in [4.78, 5) is 28.3. The number of hydrogen-bond donors (Lipinski definition) is 1. The monoisotopic (exact) mass is 592 g/mol. The van der Waals surface area contributed by atoms with Gasteiger partial charge in [-0.1, -0.05) is 36.4 Å². The molecule has 2 aliphatic heterocycles. The number of carbonyl (C=O) groups is 2. The van der Waals surface area contributed by atoms with Gasteiger partial charge in [0.15, 0.2) is 0 Å². The number of nitrogens with one attached hydrogen (secondary N) is 1. The molecule has 1 saturated heterocycles. The van der Waals surface area contributed by atoms with Gasteiger partial charge in [0.2, 0.25) is 11.8 Å². The molecule has 0 unspecified atom stereocenters. The van der Waals surface area contributed by atoms with Crippen LogP contribution in [0.1, 0.15) is 29.2 Å². The van der Waals surface area contributed by atoms with Gasteiger partial charge in [0, 0.05) is 35.9 Å². The molecule has 4 aromatic rings. The second-order valence-corrected chi connectivity index (χ2v) is 11.2. The molecular weight excluding hydrogens is 565 g/mol.